The van der Waals surface area contributed by atoms with Gasteiger partial charge in [-0.3, -0.25) is 9.78 Å². The first-order valence-electron chi connectivity index (χ1n) is 19.1. The Balaban J connectivity index is 0.000000359. The number of aliphatic hydroxyl groups excluding tert-OH is 1. The van der Waals surface area contributed by atoms with Crippen LogP contribution in [0.2, 0.25) is 0 Å². The van der Waals surface area contributed by atoms with Gasteiger partial charge in [0, 0.05) is 48.9 Å². The fourth-order valence-electron chi connectivity index (χ4n) is 6.51. The summed E-state index contributed by atoms with van der Waals surface area (Å²) in [5.74, 6) is 1.09. The van der Waals surface area contributed by atoms with E-state index in [1.54, 1.807) is 0 Å². The fraction of sp³-hybridized carbons (Fsp3) is 0.417. The molecule has 0 bridgehead atoms. The number of ketones is 1. The molecule has 0 saturated carbocycles. The standard InChI is InChI=1S/C33H32NO.C15H28O2.Ir/c1-21(2)22-10-12-23(13-11-22)24-14-15-28-26(18-24)16-17-34-31(28)29-19-25-8-6-7-9-27(25)30(32(29)35)20-33(3,4)5;1-7-14(5,8-2)12(16)11-13(17)15(6,9-3)10-4;/h6-18,21,35H,20H2,1-5H3;11,16H,7-10H2,1-6H3;/q-1;;/b;12-11-;. The Bertz CT molecular complexity index is 2030. The number of rotatable bonds is 11. The maximum atomic E-state index is 12.2. The Morgan fingerprint density at radius 3 is 1.94 bits per heavy atom. The molecule has 4 nitrogen and oxygen atoms in total. The van der Waals surface area contributed by atoms with Crippen molar-refractivity contribution < 1.29 is 35.1 Å². The maximum Gasteiger partial charge on any atom is 0.164 e. The van der Waals surface area contributed by atoms with Crippen molar-refractivity contribution >= 4 is 27.3 Å². The molecule has 0 spiro atoms. The molecule has 5 rings (SSSR count). The van der Waals surface area contributed by atoms with Crippen LogP contribution in [-0.4, -0.2) is 21.0 Å². The van der Waals surface area contributed by atoms with Gasteiger partial charge in [-0.25, -0.2) is 0 Å². The number of hydrogen-bond acceptors (Lipinski definition) is 4. The van der Waals surface area contributed by atoms with Crippen LogP contribution < -0.4 is 0 Å². The van der Waals surface area contributed by atoms with E-state index in [9.17, 15) is 15.0 Å². The molecule has 5 aromatic rings. The SMILES string of the molecule is CC(C)c1ccc(-c2ccc3c(-c4[c-]c5ccccc5c(CC(C)(C)C)c4O)nccc3c2)cc1.CCC(C)(CC)C(=O)/C=C(\O)C(C)(CC)CC.[Ir]. The zero-order valence-electron chi connectivity index (χ0n) is 33.8. The largest absolute Gasteiger partial charge is 0.542 e. The van der Waals surface area contributed by atoms with Crippen LogP contribution in [0.25, 0.3) is 43.9 Å². The molecule has 5 heteroatoms. The third-order valence-electron chi connectivity index (χ3n) is 11.3. The van der Waals surface area contributed by atoms with Crippen LogP contribution in [0.1, 0.15) is 119 Å². The van der Waals surface area contributed by atoms with E-state index in [1.807, 2.05) is 65.9 Å². The van der Waals surface area contributed by atoms with Crippen molar-refractivity contribution in [2.24, 2.45) is 16.2 Å². The van der Waals surface area contributed by atoms with Crippen LogP contribution in [0.15, 0.2) is 90.8 Å². The van der Waals surface area contributed by atoms with Gasteiger partial charge < -0.3 is 10.2 Å². The molecule has 285 valence electrons. The molecule has 0 aliphatic rings. The van der Waals surface area contributed by atoms with Gasteiger partial charge in [-0.15, -0.1) is 17.5 Å². The summed E-state index contributed by atoms with van der Waals surface area (Å²) in [4.78, 5) is 16.9. The quantitative estimate of drug-likeness (QED) is 0.0787. The third-order valence-corrected chi connectivity index (χ3v) is 11.3. The van der Waals surface area contributed by atoms with Gasteiger partial charge in [-0.2, -0.15) is 0 Å². The first-order valence-corrected chi connectivity index (χ1v) is 19.1. The van der Waals surface area contributed by atoms with E-state index in [0.717, 1.165) is 64.9 Å². The van der Waals surface area contributed by atoms with E-state index in [4.69, 9.17) is 4.98 Å². The molecule has 0 unspecified atom stereocenters. The van der Waals surface area contributed by atoms with E-state index in [0.29, 0.717) is 11.5 Å². The Labute approximate surface area is 332 Å². The number of fused-ring (bicyclic) bond motifs is 2. The van der Waals surface area contributed by atoms with E-state index >= 15 is 0 Å². The van der Waals surface area contributed by atoms with Gasteiger partial charge in [0.25, 0.3) is 0 Å². The number of phenolic OH excluding ortho intramolecular Hbond substituents is 1. The molecule has 0 atom stereocenters. The van der Waals surface area contributed by atoms with Crippen molar-refractivity contribution in [1.82, 2.24) is 4.98 Å². The normalized spacial score (nSPS) is 12.4. The molecule has 2 N–H and O–H groups in total. The Morgan fingerprint density at radius 2 is 1.38 bits per heavy atom. The molecule has 1 radical (unpaired) electrons. The number of aliphatic hydroxyl groups is 1. The van der Waals surface area contributed by atoms with Crippen LogP contribution in [0.4, 0.5) is 0 Å². The third kappa shape index (κ3) is 10.0. The number of benzene rings is 4. The van der Waals surface area contributed by atoms with Gasteiger partial charge >= 0.3 is 0 Å². The second-order valence-corrected chi connectivity index (χ2v) is 16.4. The average Bonchev–Trinajstić information content (AvgIpc) is 3.14. The van der Waals surface area contributed by atoms with E-state index in [1.165, 1.54) is 22.8 Å². The summed E-state index contributed by atoms with van der Waals surface area (Å²) in [6.07, 6.45) is 7.35. The maximum absolute atomic E-state index is 12.2. The summed E-state index contributed by atoms with van der Waals surface area (Å²) in [6, 6.07) is 29.0. The molecule has 53 heavy (non-hydrogen) atoms. The summed E-state index contributed by atoms with van der Waals surface area (Å²) in [6.45, 7) is 23.1. The smallest absolute Gasteiger partial charge is 0.164 e. The number of phenols is 1. The first kappa shape index (κ1) is 43.6. The summed E-state index contributed by atoms with van der Waals surface area (Å²) in [7, 11) is 0. The van der Waals surface area contributed by atoms with Crippen molar-refractivity contribution in [2.45, 2.75) is 114 Å². The molecule has 0 saturated heterocycles. The molecule has 0 aliphatic heterocycles. The summed E-state index contributed by atoms with van der Waals surface area (Å²) in [5.41, 5.74) is 5.54. The molecule has 4 aromatic carbocycles. The number of hydrogen-bond donors (Lipinski definition) is 2. The minimum Gasteiger partial charge on any atom is -0.542 e. The Morgan fingerprint density at radius 1 is 0.792 bits per heavy atom. The van der Waals surface area contributed by atoms with Crippen molar-refractivity contribution in [1.29, 1.82) is 0 Å². The number of carbonyl (C=O) groups excluding carboxylic acids is 1. The number of carbonyl (C=O) groups is 1. The zero-order valence-corrected chi connectivity index (χ0v) is 36.2. The predicted octanol–water partition coefficient (Wildman–Crippen LogP) is 13.6. The van der Waals surface area contributed by atoms with Crippen molar-refractivity contribution in [2.75, 3.05) is 0 Å². The monoisotopic (exact) mass is 891 g/mol. The average molecular weight is 891 g/mol. The molecule has 1 heterocycles. The number of aromatic hydroxyl groups is 1. The van der Waals surface area contributed by atoms with Crippen molar-refractivity contribution in [3.05, 3.63) is 108 Å². The number of allylic oxidation sites excluding steroid dienone is 2. The molecule has 0 aliphatic carbocycles. The minimum absolute atomic E-state index is 0. The number of nitrogens with zero attached hydrogens (tertiary/aromatic N) is 1. The molecule has 1 aromatic heterocycles. The van der Waals surface area contributed by atoms with Gasteiger partial charge in [-0.05, 0) is 83.0 Å². The topological polar surface area (TPSA) is 70.4 Å². The second-order valence-electron chi connectivity index (χ2n) is 16.4. The summed E-state index contributed by atoms with van der Waals surface area (Å²) < 4.78 is 0. The summed E-state index contributed by atoms with van der Waals surface area (Å²) in [5, 5.41) is 25.8. The van der Waals surface area contributed by atoms with E-state index < -0.39 is 0 Å². The van der Waals surface area contributed by atoms with Crippen LogP contribution >= 0.6 is 0 Å². The minimum atomic E-state index is -0.337. The fourth-order valence-corrected chi connectivity index (χ4v) is 6.51. The predicted molar refractivity (Wildman–Crippen MR) is 221 cm³/mol. The van der Waals surface area contributed by atoms with Gasteiger partial charge in [-0.1, -0.05) is 147 Å². The Kier molecular flexibility index (Phi) is 14.8. The molecular formula is C48H60IrNO3-. The molecular weight excluding hydrogens is 831 g/mol. The van der Waals surface area contributed by atoms with E-state index in [-0.39, 0.29) is 53.6 Å². The van der Waals surface area contributed by atoms with Gasteiger partial charge in [0.2, 0.25) is 0 Å². The second kappa shape index (κ2) is 18.0. The zero-order chi connectivity index (χ0) is 38.4. The van der Waals surface area contributed by atoms with Crippen molar-refractivity contribution in [3.63, 3.8) is 0 Å². The van der Waals surface area contributed by atoms with Crippen molar-refractivity contribution in [3.8, 4) is 28.1 Å². The van der Waals surface area contributed by atoms with Crippen LogP contribution in [0, 0.1) is 22.3 Å². The van der Waals surface area contributed by atoms with Crippen LogP contribution in [-0.2, 0) is 31.3 Å². The van der Waals surface area contributed by atoms with Crippen LogP contribution in [0.3, 0.4) is 0 Å². The van der Waals surface area contributed by atoms with Gasteiger partial charge in [0.1, 0.15) is 5.76 Å². The van der Waals surface area contributed by atoms with Gasteiger partial charge in [0.05, 0.1) is 5.75 Å². The van der Waals surface area contributed by atoms with E-state index in [2.05, 4.69) is 95.3 Å². The van der Waals surface area contributed by atoms with Crippen LogP contribution in [0.5, 0.6) is 5.75 Å². The number of pyridine rings is 1. The number of aromatic nitrogens is 1. The first-order chi connectivity index (χ1) is 24.5. The molecule has 0 amide bonds. The molecule has 0 fully saturated rings. The van der Waals surface area contributed by atoms with Gasteiger partial charge in [0.15, 0.2) is 5.78 Å². The Hall–Kier alpha value is -3.79. The summed E-state index contributed by atoms with van der Waals surface area (Å²) >= 11 is 0.